The van der Waals surface area contributed by atoms with E-state index in [1.54, 1.807) is 18.2 Å². The summed E-state index contributed by atoms with van der Waals surface area (Å²) in [6.45, 7) is 0.212. The molecule has 0 aliphatic carbocycles. The number of aromatic amines is 1. The van der Waals surface area contributed by atoms with Gasteiger partial charge in [0.05, 0.1) is 10.8 Å². The van der Waals surface area contributed by atoms with E-state index >= 15 is 0 Å². The quantitative estimate of drug-likeness (QED) is 0.854. The molecule has 0 radical (unpaired) electrons. The van der Waals surface area contributed by atoms with Gasteiger partial charge in [-0.2, -0.15) is 4.31 Å². The highest BCUT2D eigenvalue weighted by molar-refractivity contribution is 7.89. The molecule has 1 heterocycles. The lowest BCUT2D eigenvalue weighted by Crippen LogP contribution is -2.26. The van der Waals surface area contributed by atoms with Gasteiger partial charge in [-0.15, -0.1) is 11.6 Å². The van der Waals surface area contributed by atoms with Crippen molar-refractivity contribution >= 4 is 33.2 Å². The molecule has 7 heteroatoms. The summed E-state index contributed by atoms with van der Waals surface area (Å²) < 4.78 is 26.1. The van der Waals surface area contributed by atoms with Gasteiger partial charge in [-0.1, -0.05) is 29.8 Å². The molecule has 4 nitrogen and oxygen atoms in total. The number of aromatic nitrogens is 1. The fourth-order valence-corrected chi connectivity index (χ4v) is 3.29. The first-order valence-corrected chi connectivity index (χ1v) is 8.23. The van der Waals surface area contributed by atoms with E-state index in [4.69, 9.17) is 23.2 Å². The first-order chi connectivity index (χ1) is 9.45. The zero-order valence-corrected chi connectivity index (χ0v) is 13.1. The molecule has 1 aromatic heterocycles. The van der Waals surface area contributed by atoms with Gasteiger partial charge in [0.15, 0.2) is 0 Å². The molecule has 108 valence electrons. The summed E-state index contributed by atoms with van der Waals surface area (Å²) in [5.41, 5.74) is 1.42. The number of sulfonamides is 1. The minimum atomic E-state index is -3.56. The lowest BCUT2D eigenvalue weighted by atomic mass is 10.2. The number of halogens is 2. The van der Waals surface area contributed by atoms with Crippen LogP contribution in [-0.4, -0.2) is 24.8 Å². The summed E-state index contributed by atoms with van der Waals surface area (Å²) in [6, 6.07) is 8.70. The first-order valence-electron chi connectivity index (χ1n) is 5.88. The third-order valence-electron chi connectivity index (χ3n) is 2.92. The van der Waals surface area contributed by atoms with Gasteiger partial charge < -0.3 is 4.98 Å². The van der Waals surface area contributed by atoms with Crippen molar-refractivity contribution in [1.29, 1.82) is 0 Å². The smallest absolute Gasteiger partial charge is 0.244 e. The summed E-state index contributed by atoms with van der Waals surface area (Å²) in [6.07, 6.45) is 1.44. The molecule has 0 saturated carbocycles. The molecular weight excluding hydrogens is 319 g/mol. The number of hydrogen-bond donors (Lipinski definition) is 1. The Morgan fingerprint density at radius 1 is 1.30 bits per heavy atom. The Balaban J connectivity index is 2.23. The Morgan fingerprint density at radius 2 is 2.00 bits per heavy atom. The van der Waals surface area contributed by atoms with E-state index in [1.165, 1.54) is 23.6 Å². The number of benzene rings is 1. The van der Waals surface area contributed by atoms with Gasteiger partial charge in [-0.3, -0.25) is 0 Å². The SMILES string of the molecule is CN(Cc1ccccc1Cl)S(=O)(=O)c1c[nH]c(CCl)c1. The highest BCUT2D eigenvalue weighted by atomic mass is 35.5. The molecule has 0 unspecified atom stereocenters. The van der Waals surface area contributed by atoms with Crippen LogP contribution in [-0.2, 0) is 22.4 Å². The maximum atomic E-state index is 12.4. The monoisotopic (exact) mass is 332 g/mol. The van der Waals surface area contributed by atoms with Crippen LogP contribution < -0.4 is 0 Å². The maximum absolute atomic E-state index is 12.4. The number of nitrogens with zero attached hydrogens (tertiary/aromatic N) is 1. The predicted molar refractivity (Wildman–Crippen MR) is 80.5 cm³/mol. The van der Waals surface area contributed by atoms with Crippen molar-refractivity contribution in [3.05, 3.63) is 52.8 Å². The van der Waals surface area contributed by atoms with Gasteiger partial charge >= 0.3 is 0 Å². The standard InChI is InChI=1S/C13H14Cl2N2O2S/c1-17(9-10-4-2-3-5-13(10)15)20(18,19)12-6-11(7-14)16-8-12/h2-6,8,16H,7,9H2,1H3. The predicted octanol–water partition coefficient (Wildman–Crippen LogP) is 3.23. The zero-order valence-electron chi connectivity index (χ0n) is 10.8. The summed E-state index contributed by atoms with van der Waals surface area (Å²) in [7, 11) is -2.04. The van der Waals surface area contributed by atoms with E-state index in [2.05, 4.69) is 4.98 Å². The summed E-state index contributed by atoms with van der Waals surface area (Å²) in [5.74, 6) is 0.240. The van der Waals surface area contributed by atoms with Gasteiger partial charge in [0, 0.05) is 30.5 Å². The summed E-state index contributed by atoms with van der Waals surface area (Å²) in [5, 5.41) is 0.546. The molecule has 2 rings (SSSR count). The van der Waals surface area contributed by atoms with Gasteiger partial charge in [0.1, 0.15) is 0 Å². The average Bonchev–Trinajstić information content (AvgIpc) is 2.90. The van der Waals surface area contributed by atoms with Gasteiger partial charge in [-0.25, -0.2) is 8.42 Å². The second kappa shape index (κ2) is 6.18. The Morgan fingerprint density at radius 3 is 2.60 bits per heavy atom. The number of H-pyrrole nitrogens is 1. The van der Waals surface area contributed by atoms with Gasteiger partial charge in [0.2, 0.25) is 10.0 Å². The number of nitrogens with one attached hydrogen (secondary N) is 1. The van der Waals surface area contributed by atoms with E-state index in [1.807, 2.05) is 6.07 Å². The number of alkyl halides is 1. The average molecular weight is 333 g/mol. The molecule has 0 spiro atoms. The van der Waals surface area contributed by atoms with Crippen molar-refractivity contribution in [2.45, 2.75) is 17.3 Å². The van der Waals surface area contributed by atoms with Crippen LogP contribution in [0.4, 0.5) is 0 Å². The maximum Gasteiger partial charge on any atom is 0.244 e. The van der Waals surface area contributed by atoms with Crippen LogP contribution in [0.5, 0.6) is 0 Å². The highest BCUT2D eigenvalue weighted by Gasteiger charge is 2.22. The minimum absolute atomic E-state index is 0.197. The second-order valence-electron chi connectivity index (χ2n) is 4.35. The van der Waals surface area contributed by atoms with Crippen molar-refractivity contribution in [3.63, 3.8) is 0 Å². The van der Waals surface area contributed by atoms with Crippen LogP contribution in [0.3, 0.4) is 0 Å². The third kappa shape index (κ3) is 3.17. The van der Waals surface area contributed by atoms with Crippen LogP contribution in [0.25, 0.3) is 0 Å². The van der Waals surface area contributed by atoms with Crippen molar-refractivity contribution in [1.82, 2.24) is 9.29 Å². The molecule has 0 aliphatic heterocycles. The topological polar surface area (TPSA) is 53.2 Å². The molecule has 0 amide bonds. The summed E-state index contributed by atoms with van der Waals surface area (Å²) in [4.78, 5) is 3.02. The van der Waals surface area contributed by atoms with Crippen molar-refractivity contribution in [2.24, 2.45) is 0 Å². The van der Waals surface area contributed by atoms with Gasteiger partial charge in [0.25, 0.3) is 0 Å². The van der Waals surface area contributed by atoms with Crippen LogP contribution in [0, 0.1) is 0 Å². The first kappa shape index (κ1) is 15.4. The second-order valence-corrected chi connectivity index (χ2v) is 7.07. The van der Waals surface area contributed by atoms with E-state index in [-0.39, 0.29) is 17.3 Å². The molecule has 0 saturated heterocycles. The molecule has 2 aromatic rings. The van der Waals surface area contributed by atoms with Gasteiger partial charge in [-0.05, 0) is 17.7 Å². The van der Waals surface area contributed by atoms with Crippen LogP contribution >= 0.6 is 23.2 Å². The third-order valence-corrected chi connectivity index (χ3v) is 5.36. The molecule has 20 heavy (non-hydrogen) atoms. The molecule has 0 fully saturated rings. The molecule has 0 aliphatic rings. The van der Waals surface area contributed by atoms with Crippen LogP contribution in [0.1, 0.15) is 11.3 Å². The zero-order chi connectivity index (χ0) is 14.8. The Kier molecular flexibility index (Phi) is 4.75. The highest BCUT2D eigenvalue weighted by Crippen LogP contribution is 2.21. The van der Waals surface area contributed by atoms with Crippen molar-refractivity contribution in [3.8, 4) is 0 Å². The Labute approximate surface area is 128 Å². The van der Waals surface area contributed by atoms with Crippen molar-refractivity contribution in [2.75, 3.05) is 7.05 Å². The summed E-state index contributed by atoms with van der Waals surface area (Å²) >= 11 is 11.7. The molecule has 1 aromatic carbocycles. The molecule has 1 N–H and O–H groups in total. The van der Waals surface area contributed by atoms with E-state index < -0.39 is 10.0 Å². The van der Waals surface area contributed by atoms with Crippen molar-refractivity contribution < 1.29 is 8.42 Å². The normalized spacial score (nSPS) is 12.0. The Hall–Kier alpha value is -1.01. The lowest BCUT2D eigenvalue weighted by Gasteiger charge is -2.17. The van der Waals surface area contributed by atoms with Crippen LogP contribution in [0.2, 0.25) is 5.02 Å². The Bertz CT molecular complexity index is 698. The fraction of sp³-hybridized carbons (Fsp3) is 0.231. The van der Waals surface area contributed by atoms with E-state index in [0.29, 0.717) is 10.7 Å². The molecular formula is C13H14Cl2N2O2S. The minimum Gasteiger partial charge on any atom is -0.363 e. The number of hydrogen-bond acceptors (Lipinski definition) is 2. The van der Waals surface area contributed by atoms with Crippen LogP contribution in [0.15, 0.2) is 41.4 Å². The largest absolute Gasteiger partial charge is 0.363 e. The molecule has 0 bridgehead atoms. The van der Waals surface area contributed by atoms with E-state index in [9.17, 15) is 8.42 Å². The fourth-order valence-electron chi connectivity index (χ4n) is 1.78. The van der Waals surface area contributed by atoms with E-state index in [0.717, 1.165) is 5.56 Å². The number of rotatable bonds is 5. The lowest BCUT2D eigenvalue weighted by molar-refractivity contribution is 0.467. The molecule has 0 atom stereocenters.